The summed E-state index contributed by atoms with van der Waals surface area (Å²) in [5.41, 5.74) is 1.86. The molecule has 16 heavy (non-hydrogen) atoms. The van der Waals surface area contributed by atoms with Crippen LogP contribution >= 0.6 is 23.1 Å². The zero-order chi connectivity index (χ0) is 11.0. The smallest absolute Gasteiger partial charge is 0.255 e. The first-order valence-electron chi connectivity index (χ1n) is 5.08. The van der Waals surface area contributed by atoms with Gasteiger partial charge in [-0.05, 0) is 23.6 Å². The SMILES string of the molecule is O=c1[nH]c(-c2cccs2)nc2c1CSCC2. The lowest BCUT2D eigenvalue weighted by molar-refractivity contribution is 0.940. The molecule has 0 aliphatic carbocycles. The second kappa shape index (κ2) is 4.07. The number of fused-ring (bicyclic) bond motifs is 1. The van der Waals surface area contributed by atoms with Crippen LogP contribution in [0.25, 0.3) is 10.7 Å². The molecule has 82 valence electrons. The van der Waals surface area contributed by atoms with Crippen molar-refractivity contribution in [3.05, 3.63) is 39.1 Å². The number of nitrogens with zero attached hydrogens (tertiary/aromatic N) is 1. The monoisotopic (exact) mass is 250 g/mol. The second-order valence-electron chi connectivity index (χ2n) is 3.62. The minimum atomic E-state index is 0.0283. The largest absolute Gasteiger partial charge is 0.306 e. The number of rotatable bonds is 1. The third kappa shape index (κ3) is 1.70. The normalized spacial score (nSPS) is 14.8. The number of hydrogen-bond donors (Lipinski definition) is 1. The molecule has 0 bridgehead atoms. The van der Waals surface area contributed by atoms with Crippen molar-refractivity contribution in [2.24, 2.45) is 0 Å². The summed E-state index contributed by atoms with van der Waals surface area (Å²) >= 11 is 3.40. The predicted octanol–water partition coefficient (Wildman–Crippen LogP) is 2.29. The average molecular weight is 250 g/mol. The predicted molar refractivity (Wildman–Crippen MR) is 68.0 cm³/mol. The number of aromatic nitrogens is 2. The summed E-state index contributed by atoms with van der Waals surface area (Å²) in [5, 5.41) is 1.99. The van der Waals surface area contributed by atoms with Crippen LogP contribution in [0.2, 0.25) is 0 Å². The number of aryl methyl sites for hydroxylation is 1. The average Bonchev–Trinajstić information content (AvgIpc) is 2.82. The standard InChI is InChI=1S/C11H10N2OS2/c14-11-7-6-15-5-3-8(7)12-10(13-11)9-2-1-4-16-9/h1-2,4H,3,5-6H2,(H,12,13,14). The molecule has 0 fully saturated rings. The van der Waals surface area contributed by atoms with E-state index in [1.165, 1.54) is 0 Å². The number of thiophene rings is 1. The minimum absolute atomic E-state index is 0.0283. The maximum Gasteiger partial charge on any atom is 0.255 e. The van der Waals surface area contributed by atoms with E-state index < -0.39 is 0 Å². The summed E-state index contributed by atoms with van der Waals surface area (Å²) in [6, 6.07) is 3.95. The van der Waals surface area contributed by atoms with Crippen molar-refractivity contribution in [1.82, 2.24) is 9.97 Å². The van der Waals surface area contributed by atoms with Gasteiger partial charge in [-0.25, -0.2) is 4.98 Å². The highest BCUT2D eigenvalue weighted by atomic mass is 32.2. The van der Waals surface area contributed by atoms with Crippen LogP contribution in [-0.4, -0.2) is 15.7 Å². The summed E-state index contributed by atoms with van der Waals surface area (Å²) in [5.74, 6) is 2.57. The molecule has 0 saturated carbocycles. The fraction of sp³-hybridized carbons (Fsp3) is 0.273. The highest BCUT2D eigenvalue weighted by Crippen LogP contribution is 2.24. The number of nitrogens with one attached hydrogen (secondary N) is 1. The van der Waals surface area contributed by atoms with Crippen molar-refractivity contribution < 1.29 is 0 Å². The number of H-pyrrole nitrogens is 1. The molecule has 3 heterocycles. The Hall–Kier alpha value is -1.07. The molecule has 0 radical (unpaired) electrons. The van der Waals surface area contributed by atoms with Crippen molar-refractivity contribution in [3.8, 4) is 10.7 Å². The van der Waals surface area contributed by atoms with E-state index in [1.807, 2.05) is 17.5 Å². The molecular weight excluding hydrogens is 240 g/mol. The number of aromatic amines is 1. The maximum atomic E-state index is 11.9. The molecule has 3 nitrogen and oxygen atoms in total. The topological polar surface area (TPSA) is 45.8 Å². The number of thioether (sulfide) groups is 1. The van der Waals surface area contributed by atoms with E-state index in [-0.39, 0.29) is 5.56 Å². The van der Waals surface area contributed by atoms with E-state index in [9.17, 15) is 4.79 Å². The van der Waals surface area contributed by atoms with Crippen molar-refractivity contribution in [2.45, 2.75) is 12.2 Å². The van der Waals surface area contributed by atoms with E-state index >= 15 is 0 Å². The van der Waals surface area contributed by atoms with E-state index in [0.29, 0.717) is 5.82 Å². The Morgan fingerprint density at radius 3 is 3.19 bits per heavy atom. The summed E-state index contributed by atoms with van der Waals surface area (Å²) in [6.07, 6.45) is 0.905. The van der Waals surface area contributed by atoms with Gasteiger partial charge in [-0.1, -0.05) is 6.07 Å². The van der Waals surface area contributed by atoms with Crippen LogP contribution in [-0.2, 0) is 12.2 Å². The first-order chi connectivity index (χ1) is 7.84. The van der Waals surface area contributed by atoms with E-state index in [2.05, 4.69) is 9.97 Å². The molecule has 0 saturated heterocycles. The lowest BCUT2D eigenvalue weighted by Gasteiger charge is -2.13. The van der Waals surface area contributed by atoms with Crippen LogP contribution in [0.1, 0.15) is 11.3 Å². The van der Waals surface area contributed by atoms with Crippen LogP contribution in [0.4, 0.5) is 0 Å². The molecule has 5 heteroatoms. The van der Waals surface area contributed by atoms with Crippen molar-refractivity contribution in [1.29, 1.82) is 0 Å². The van der Waals surface area contributed by atoms with Gasteiger partial charge in [-0.2, -0.15) is 11.8 Å². The molecule has 3 rings (SSSR count). The van der Waals surface area contributed by atoms with Gasteiger partial charge in [0.05, 0.1) is 10.6 Å². The van der Waals surface area contributed by atoms with Crippen molar-refractivity contribution >= 4 is 23.1 Å². The van der Waals surface area contributed by atoms with Gasteiger partial charge < -0.3 is 4.98 Å². The van der Waals surface area contributed by atoms with Crippen LogP contribution in [0.5, 0.6) is 0 Å². The van der Waals surface area contributed by atoms with E-state index in [1.54, 1.807) is 23.1 Å². The first kappa shape index (κ1) is 10.1. The molecule has 0 unspecified atom stereocenters. The van der Waals surface area contributed by atoms with Gasteiger partial charge in [0.1, 0.15) is 0 Å². The Morgan fingerprint density at radius 2 is 2.38 bits per heavy atom. The quantitative estimate of drug-likeness (QED) is 0.844. The van der Waals surface area contributed by atoms with Crippen molar-refractivity contribution in [2.75, 3.05) is 5.75 Å². The molecule has 1 N–H and O–H groups in total. The third-order valence-corrected chi connectivity index (χ3v) is 4.45. The molecule has 0 aromatic carbocycles. The molecule has 2 aromatic rings. The molecule has 2 aromatic heterocycles. The molecule has 0 amide bonds. The number of hydrogen-bond acceptors (Lipinski definition) is 4. The summed E-state index contributed by atoms with van der Waals surface area (Å²) in [6.45, 7) is 0. The van der Waals surface area contributed by atoms with Crippen LogP contribution in [0.15, 0.2) is 22.3 Å². The van der Waals surface area contributed by atoms with E-state index in [0.717, 1.165) is 34.1 Å². The Balaban J connectivity index is 2.16. The van der Waals surface area contributed by atoms with Gasteiger partial charge in [-0.3, -0.25) is 4.79 Å². The lowest BCUT2D eigenvalue weighted by atomic mass is 10.2. The summed E-state index contributed by atoms with van der Waals surface area (Å²) in [4.78, 5) is 20.3. The molecule has 0 spiro atoms. The van der Waals surface area contributed by atoms with Crippen LogP contribution in [0, 0.1) is 0 Å². The Bertz CT molecular complexity index is 560. The first-order valence-corrected chi connectivity index (χ1v) is 7.12. The van der Waals surface area contributed by atoms with E-state index in [4.69, 9.17) is 0 Å². The van der Waals surface area contributed by atoms with Gasteiger partial charge in [0.2, 0.25) is 0 Å². The second-order valence-corrected chi connectivity index (χ2v) is 5.67. The fourth-order valence-corrected chi connectivity index (χ4v) is 3.43. The molecule has 1 aliphatic heterocycles. The Kier molecular flexibility index (Phi) is 2.57. The van der Waals surface area contributed by atoms with Gasteiger partial charge in [0.25, 0.3) is 5.56 Å². The Morgan fingerprint density at radius 1 is 1.44 bits per heavy atom. The van der Waals surface area contributed by atoms with Gasteiger partial charge in [0.15, 0.2) is 5.82 Å². The summed E-state index contributed by atoms with van der Waals surface area (Å²) in [7, 11) is 0. The van der Waals surface area contributed by atoms with Gasteiger partial charge >= 0.3 is 0 Å². The Labute approximate surface area is 101 Å². The lowest BCUT2D eigenvalue weighted by Crippen LogP contribution is -2.21. The maximum absolute atomic E-state index is 11.9. The molecule has 1 aliphatic rings. The highest BCUT2D eigenvalue weighted by Gasteiger charge is 2.16. The zero-order valence-corrected chi connectivity index (χ0v) is 10.2. The third-order valence-electron chi connectivity index (χ3n) is 2.59. The minimum Gasteiger partial charge on any atom is -0.306 e. The zero-order valence-electron chi connectivity index (χ0n) is 8.53. The van der Waals surface area contributed by atoms with Gasteiger partial charge in [-0.15, -0.1) is 11.3 Å². The van der Waals surface area contributed by atoms with Crippen molar-refractivity contribution in [3.63, 3.8) is 0 Å². The van der Waals surface area contributed by atoms with Crippen LogP contribution < -0.4 is 5.56 Å². The molecule has 0 atom stereocenters. The van der Waals surface area contributed by atoms with Crippen LogP contribution in [0.3, 0.4) is 0 Å². The molecular formula is C11H10N2OS2. The summed E-state index contributed by atoms with van der Waals surface area (Å²) < 4.78 is 0. The fourth-order valence-electron chi connectivity index (χ4n) is 1.77. The highest BCUT2D eigenvalue weighted by molar-refractivity contribution is 7.98. The van der Waals surface area contributed by atoms with Gasteiger partial charge in [0, 0.05) is 11.3 Å².